The summed E-state index contributed by atoms with van der Waals surface area (Å²) < 4.78 is 235. The summed E-state index contributed by atoms with van der Waals surface area (Å²) in [5.74, 6) is -16.2. The molecule has 57 heavy (non-hydrogen) atoms. The SMILES string of the molecule is C[C@H](/C=C/[C@@]12OC(CC1(C)C)CC2(C)OC(=O)C(F)(F)F)O[C@@H]1O[C@H](COC(=O)C(F)(F)F)[C@@H](OC(=O)C(F)(F)F)[C@H](OC(=O)C(F)(F)F)[C@H]1OC(=O)C(F)(F)F. The lowest BCUT2D eigenvalue weighted by molar-refractivity contribution is -0.325. The second kappa shape index (κ2) is 15.6. The van der Waals surface area contributed by atoms with Crippen molar-refractivity contribution in [3.8, 4) is 0 Å². The first-order valence-electron chi connectivity index (χ1n) is 15.5. The molecule has 0 saturated carbocycles. The highest BCUT2D eigenvalue weighted by Gasteiger charge is 2.71. The quantitative estimate of drug-likeness (QED) is 0.125. The molecule has 3 fully saturated rings. The van der Waals surface area contributed by atoms with E-state index in [9.17, 15) is 89.8 Å². The minimum Gasteiger partial charge on any atom is -0.456 e. The number of hydrogen-bond acceptors (Lipinski definition) is 13. The van der Waals surface area contributed by atoms with Crippen molar-refractivity contribution in [2.24, 2.45) is 5.41 Å². The van der Waals surface area contributed by atoms with Crippen molar-refractivity contribution in [3.63, 3.8) is 0 Å². The molecule has 3 saturated heterocycles. The zero-order valence-corrected chi connectivity index (χ0v) is 28.8. The van der Waals surface area contributed by atoms with Crippen LogP contribution < -0.4 is 0 Å². The first kappa shape index (κ1) is 47.3. The first-order valence-corrected chi connectivity index (χ1v) is 15.5. The molecule has 326 valence electrons. The molecule has 3 aliphatic heterocycles. The fourth-order valence-corrected chi connectivity index (χ4v) is 6.41. The largest absolute Gasteiger partial charge is 0.490 e. The molecule has 0 radical (unpaired) electrons. The number of ether oxygens (including phenoxy) is 8. The van der Waals surface area contributed by atoms with Gasteiger partial charge in [-0.1, -0.05) is 19.9 Å². The van der Waals surface area contributed by atoms with E-state index < -0.39 is 127 Å². The highest BCUT2D eigenvalue weighted by Crippen LogP contribution is 2.62. The summed E-state index contributed by atoms with van der Waals surface area (Å²) in [7, 11) is 0. The van der Waals surface area contributed by atoms with Gasteiger partial charge in [0.05, 0.1) is 12.2 Å². The number of esters is 5. The molecule has 2 bridgehead atoms. The fraction of sp³-hybridized carbons (Fsp3) is 0.759. The average Bonchev–Trinajstić information content (AvgIpc) is 3.44. The molecule has 3 heterocycles. The third kappa shape index (κ3) is 10.5. The third-order valence-electron chi connectivity index (χ3n) is 8.62. The van der Waals surface area contributed by atoms with Crippen molar-refractivity contribution in [1.29, 1.82) is 0 Å². The van der Waals surface area contributed by atoms with Crippen molar-refractivity contribution in [1.82, 2.24) is 0 Å². The first-order chi connectivity index (χ1) is 25.4. The Balaban J connectivity index is 2.15. The van der Waals surface area contributed by atoms with Crippen LogP contribution in [0.1, 0.15) is 40.5 Å². The normalized spacial score (nSPS) is 31.1. The Hall–Kier alpha value is -4.08. The summed E-state index contributed by atoms with van der Waals surface area (Å²) in [5.41, 5.74) is -5.36. The van der Waals surface area contributed by atoms with Crippen LogP contribution in [0.4, 0.5) is 65.9 Å². The molecule has 9 atom stereocenters. The van der Waals surface area contributed by atoms with E-state index in [-0.39, 0.29) is 12.8 Å². The van der Waals surface area contributed by atoms with E-state index in [1.54, 1.807) is 0 Å². The molecule has 0 spiro atoms. The number of hydrogen-bond donors (Lipinski definition) is 0. The Bertz CT molecular complexity index is 1580. The van der Waals surface area contributed by atoms with E-state index in [1.165, 1.54) is 13.8 Å². The standard InChI is InChI=1S/C29H27F15O13/c1-10(5-6-24-22(2,3)7-11(56-24)8-23(24,4)57-21(49)29(42,43)44)51-16-15(55-20(48)28(39,40)41)14(54-19(47)27(36,37)38)13(53-18(46)26(33,34)35)12(52-16)9-50-17(45)25(30,31)32/h5-6,10-16H,7-9H2,1-4H3/b6-5+/t10-,11?,12-,13-,14+,15-,16-,23?,24-/m1/s1. The van der Waals surface area contributed by atoms with Crippen LogP contribution in [0.2, 0.25) is 0 Å². The lowest BCUT2D eigenvalue weighted by atomic mass is 9.60. The fourth-order valence-electron chi connectivity index (χ4n) is 6.41. The second-order valence-corrected chi connectivity index (χ2v) is 13.3. The molecular weight excluding hydrogens is 841 g/mol. The number of carbonyl (C=O) groups is 5. The summed E-state index contributed by atoms with van der Waals surface area (Å²) in [6, 6.07) is 0. The van der Waals surface area contributed by atoms with E-state index in [0.717, 1.165) is 26.0 Å². The number of rotatable bonds is 10. The number of alkyl halides is 15. The lowest BCUT2D eigenvalue weighted by Gasteiger charge is -2.48. The van der Waals surface area contributed by atoms with Crippen molar-refractivity contribution in [2.75, 3.05) is 6.61 Å². The van der Waals surface area contributed by atoms with Gasteiger partial charge in [0.15, 0.2) is 24.6 Å². The molecule has 0 aromatic heterocycles. The summed E-state index contributed by atoms with van der Waals surface area (Å²) in [4.78, 5) is 58.8. The van der Waals surface area contributed by atoms with Crippen LogP contribution in [0.25, 0.3) is 0 Å². The number of carbonyl (C=O) groups excluding carboxylic acids is 5. The maximum absolute atomic E-state index is 13.3. The van der Waals surface area contributed by atoms with Crippen molar-refractivity contribution < 1.29 is 128 Å². The van der Waals surface area contributed by atoms with Crippen molar-refractivity contribution >= 4 is 29.8 Å². The third-order valence-corrected chi connectivity index (χ3v) is 8.62. The molecule has 2 unspecified atom stereocenters. The molecule has 0 amide bonds. The van der Waals surface area contributed by atoms with Gasteiger partial charge in [-0.05, 0) is 26.3 Å². The minimum atomic E-state index is -6.19. The molecule has 3 aliphatic rings. The van der Waals surface area contributed by atoms with Crippen LogP contribution in [0.5, 0.6) is 0 Å². The van der Waals surface area contributed by atoms with Gasteiger partial charge in [0.2, 0.25) is 0 Å². The maximum Gasteiger partial charge on any atom is 0.490 e. The van der Waals surface area contributed by atoms with Gasteiger partial charge >= 0.3 is 60.7 Å². The minimum absolute atomic E-state index is 0.107. The monoisotopic (exact) mass is 868 g/mol. The number of fused-ring (bicyclic) bond motifs is 2. The average molecular weight is 868 g/mol. The zero-order chi connectivity index (χ0) is 44.1. The lowest BCUT2D eigenvalue weighted by Crippen LogP contribution is -2.64. The van der Waals surface area contributed by atoms with Crippen molar-refractivity contribution in [3.05, 3.63) is 12.2 Å². The smallest absolute Gasteiger partial charge is 0.456 e. The number of halogens is 15. The van der Waals surface area contributed by atoms with Crippen LogP contribution in [0.15, 0.2) is 12.2 Å². The van der Waals surface area contributed by atoms with Gasteiger partial charge in [0, 0.05) is 11.8 Å². The Morgan fingerprint density at radius 2 is 1.09 bits per heavy atom. The van der Waals surface area contributed by atoms with Gasteiger partial charge in [0.25, 0.3) is 0 Å². The van der Waals surface area contributed by atoms with E-state index >= 15 is 0 Å². The van der Waals surface area contributed by atoms with Gasteiger partial charge in [0.1, 0.15) is 23.9 Å². The van der Waals surface area contributed by atoms with Crippen LogP contribution in [-0.2, 0) is 61.9 Å². The molecular formula is C29H27F15O13. The summed E-state index contributed by atoms with van der Waals surface area (Å²) in [6.45, 7) is 2.70. The summed E-state index contributed by atoms with van der Waals surface area (Å²) in [6.07, 6.45) is -47.4. The van der Waals surface area contributed by atoms with Gasteiger partial charge < -0.3 is 37.9 Å². The van der Waals surface area contributed by atoms with Crippen LogP contribution in [-0.4, -0.2) is 121 Å². The summed E-state index contributed by atoms with van der Waals surface area (Å²) >= 11 is 0. The van der Waals surface area contributed by atoms with E-state index in [0.29, 0.717) is 0 Å². The Morgan fingerprint density at radius 1 is 0.649 bits per heavy atom. The summed E-state index contributed by atoms with van der Waals surface area (Å²) in [5, 5.41) is 0. The molecule has 0 aliphatic carbocycles. The molecule has 28 heteroatoms. The zero-order valence-electron chi connectivity index (χ0n) is 28.8. The van der Waals surface area contributed by atoms with E-state index in [4.69, 9.17) is 18.9 Å². The van der Waals surface area contributed by atoms with Crippen LogP contribution in [0.3, 0.4) is 0 Å². The maximum atomic E-state index is 13.3. The Labute approximate surface area is 307 Å². The highest BCUT2D eigenvalue weighted by atomic mass is 19.4. The molecule has 0 aromatic rings. The van der Waals surface area contributed by atoms with Gasteiger partial charge in [-0.15, -0.1) is 0 Å². The topological polar surface area (TPSA) is 159 Å². The molecule has 3 rings (SSSR count). The Kier molecular flexibility index (Phi) is 12.9. The molecule has 13 nitrogen and oxygen atoms in total. The van der Waals surface area contributed by atoms with Crippen molar-refractivity contribution in [2.45, 2.75) is 126 Å². The second-order valence-electron chi connectivity index (χ2n) is 13.3. The predicted molar refractivity (Wildman–Crippen MR) is 144 cm³/mol. The Morgan fingerprint density at radius 3 is 1.53 bits per heavy atom. The van der Waals surface area contributed by atoms with E-state index in [2.05, 4.69) is 18.9 Å². The van der Waals surface area contributed by atoms with Gasteiger partial charge in [-0.2, -0.15) is 65.9 Å². The predicted octanol–water partition coefficient (Wildman–Crippen LogP) is 5.02. The molecule has 0 N–H and O–H groups in total. The van der Waals surface area contributed by atoms with Gasteiger partial charge in [-0.3, -0.25) is 0 Å². The van der Waals surface area contributed by atoms with Gasteiger partial charge in [-0.25, -0.2) is 24.0 Å². The van der Waals surface area contributed by atoms with E-state index in [1.807, 2.05) is 0 Å². The highest BCUT2D eigenvalue weighted by molar-refractivity contribution is 5.78. The van der Waals surface area contributed by atoms with Crippen LogP contribution >= 0.6 is 0 Å². The van der Waals surface area contributed by atoms with Crippen LogP contribution in [0, 0.1) is 5.41 Å². The molecule has 0 aromatic carbocycles.